The van der Waals surface area contributed by atoms with Crippen LogP contribution in [0.25, 0.3) is 10.9 Å². The van der Waals surface area contributed by atoms with E-state index in [1.54, 1.807) is 39.0 Å². The van der Waals surface area contributed by atoms with Gasteiger partial charge in [0, 0.05) is 50.6 Å². The van der Waals surface area contributed by atoms with Gasteiger partial charge >= 0.3 is 18.2 Å². The van der Waals surface area contributed by atoms with E-state index in [-0.39, 0.29) is 76.6 Å². The average Bonchev–Trinajstić information content (AvgIpc) is 3.61. The molecule has 2 N–H and O–H groups in total. The molecule has 1 aromatic carbocycles. The van der Waals surface area contributed by atoms with E-state index < -0.39 is 67.1 Å². The number of likely N-dealkylation sites (tertiary alicyclic amines) is 1. The van der Waals surface area contributed by atoms with Crippen LogP contribution in [0.2, 0.25) is 0 Å². The van der Waals surface area contributed by atoms with Gasteiger partial charge in [0.05, 0.1) is 18.7 Å². The van der Waals surface area contributed by atoms with Crippen molar-refractivity contribution in [2.75, 3.05) is 59.1 Å². The van der Waals surface area contributed by atoms with Gasteiger partial charge in [-0.05, 0) is 57.7 Å². The standard InChI is InChI=1S/C34H43F3N6O9/c1-4-50-29(45)11-10-23(32(48)41-13-15-42(16-14-41)33(49)51-5-2)40-30(46)25-18-27(22-9-8-21(3)17-24(22)39-25)52-19-28(44)43-12-6-7-26(43)31(47)38-20-34(35,36)37/h8-9,17-18,23,26H,4-7,10-16,19-20H2,1-3H3,(H,38,47)(H,40,46). The van der Waals surface area contributed by atoms with Crippen molar-refractivity contribution >= 4 is 46.6 Å². The number of aryl methyl sites for hydroxylation is 1. The number of carbonyl (C=O) groups excluding carboxylic acids is 6. The number of aromatic nitrogens is 1. The monoisotopic (exact) mass is 736 g/mol. The van der Waals surface area contributed by atoms with Crippen molar-refractivity contribution in [3.63, 3.8) is 0 Å². The van der Waals surface area contributed by atoms with Crippen LogP contribution in [0.3, 0.4) is 0 Å². The second-order valence-corrected chi connectivity index (χ2v) is 12.3. The van der Waals surface area contributed by atoms with Gasteiger partial charge in [-0.15, -0.1) is 0 Å². The van der Waals surface area contributed by atoms with Crippen LogP contribution in [0.1, 0.15) is 55.6 Å². The van der Waals surface area contributed by atoms with E-state index in [4.69, 9.17) is 14.2 Å². The summed E-state index contributed by atoms with van der Waals surface area (Å²) in [5.41, 5.74) is 0.978. The number of esters is 1. The van der Waals surface area contributed by atoms with Crippen molar-refractivity contribution in [1.82, 2.24) is 30.3 Å². The molecule has 18 heteroatoms. The highest BCUT2D eigenvalue weighted by atomic mass is 19.4. The van der Waals surface area contributed by atoms with E-state index in [1.807, 2.05) is 5.32 Å². The largest absolute Gasteiger partial charge is 0.483 e. The van der Waals surface area contributed by atoms with Crippen LogP contribution >= 0.6 is 0 Å². The molecule has 0 bridgehead atoms. The molecule has 5 amide bonds. The Kier molecular flexibility index (Phi) is 13.6. The predicted octanol–water partition coefficient (Wildman–Crippen LogP) is 2.33. The lowest BCUT2D eigenvalue weighted by atomic mass is 10.1. The smallest absolute Gasteiger partial charge is 0.409 e. The number of halogens is 3. The third-order valence-electron chi connectivity index (χ3n) is 8.51. The summed E-state index contributed by atoms with van der Waals surface area (Å²) in [5.74, 6) is -3.27. The Morgan fingerprint density at radius 1 is 0.962 bits per heavy atom. The van der Waals surface area contributed by atoms with Crippen LogP contribution in [0, 0.1) is 6.92 Å². The van der Waals surface area contributed by atoms with Gasteiger partial charge in [0.25, 0.3) is 11.8 Å². The zero-order valence-corrected chi connectivity index (χ0v) is 29.3. The fraction of sp³-hybridized carbons (Fsp3) is 0.559. The summed E-state index contributed by atoms with van der Waals surface area (Å²) in [6.07, 6.45) is -4.75. The van der Waals surface area contributed by atoms with Crippen molar-refractivity contribution in [2.45, 2.75) is 64.7 Å². The van der Waals surface area contributed by atoms with E-state index in [1.165, 1.54) is 20.8 Å². The summed E-state index contributed by atoms with van der Waals surface area (Å²) in [7, 11) is 0. The molecule has 2 aliphatic heterocycles. The number of nitrogens with zero attached hydrogens (tertiary/aromatic N) is 4. The first-order chi connectivity index (χ1) is 24.7. The summed E-state index contributed by atoms with van der Waals surface area (Å²) in [6.45, 7) is 4.29. The molecule has 2 aromatic rings. The van der Waals surface area contributed by atoms with Gasteiger partial charge < -0.3 is 39.5 Å². The minimum absolute atomic E-state index is 0.0837. The first-order valence-corrected chi connectivity index (χ1v) is 17.1. The summed E-state index contributed by atoms with van der Waals surface area (Å²) >= 11 is 0. The highest BCUT2D eigenvalue weighted by molar-refractivity contribution is 5.99. The Morgan fingerprint density at radius 3 is 2.33 bits per heavy atom. The van der Waals surface area contributed by atoms with E-state index >= 15 is 0 Å². The van der Waals surface area contributed by atoms with Crippen molar-refractivity contribution in [3.8, 4) is 5.75 Å². The SMILES string of the molecule is CCOC(=O)CCC(NC(=O)c1cc(OCC(=O)N2CCCC2C(=O)NCC(F)(F)F)c2ccc(C)cc2n1)C(=O)N1CCN(C(=O)OCC)CC1. The number of carbonyl (C=O) groups is 6. The Hall–Kier alpha value is -5.16. The van der Waals surface area contributed by atoms with Crippen LogP contribution in [-0.2, 0) is 28.7 Å². The topological polar surface area (TPSA) is 177 Å². The second-order valence-electron chi connectivity index (χ2n) is 12.3. The molecule has 52 heavy (non-hydrogen) atoms. The lowest BCUT2D eigenvalue weighted by molar-refractivity contribution is -0.145. The lowest BCUT2D eigenvalue weighted by Gasteiger charge is -2.36. The molecule has 2 unspecified atom stereocenters. The second kappa shape index (κ2) is 17.9. The number of benzene rings is 1. The molecule has 1 aromatic heterocycles. The summed E-state index contributed by atoms with van der Waals surface area (Å²) < 4.78 is 53.9. The third-order valence-corrected chi connectivity index (χ3v) is 8.51. The quantitative estimate of drug-likeness (QED) is 0.291. The van der Waals surface area contributed by atoms with E-state index in [0.717, 1.165) is 5.56 Å². The zero-order valence-electron chi connectivity index (χ0n) is 29.3. The predicted molar refractivity (Wildman–Crippen MR) is 178 cm³/mol. The van der Waals surface area contributed by atoms with Gasteiger partial charge in [0.15, 0.2) is 6.61 Å². The van der Waals surface area contributed by atoms with Gasteiger partial charge in [-0.25, -0.2) is 9.78 Å². The first-order valence-electron chi connectivity index (χ1n) is 17.1. The van der Waals surface area contributed by atoms with E-state index in [0.29, 0.717) is 17.3 Å². The highest BCUT2D eigenvalue weighted by Gasteiger charge is 2.37. The Morgan fingerprint density at radius 2 is 1.65 bits per heavy atom. The van der Waals surface area contributed by atoms with Gasteiger partial charge in [0.2, 0.25) is 11.8 Å². The maximum atomic E-state index is 13.7. The number of hydrogen-bond donors (Lipinski definition) is 2. The number of nitrogens with one attached hydrogen (secondary N) is 2. The number of rotatable bonds is 13. The highest BCUT2D eigenvalue weighted by Crippen LogP contribution is 2.28. The molecule has 3 heterocycles. The minimum Gasteiger partial charge on any atom is -0.483 e. The minimum atomic E-state index is -4.61. The van der Waals surface area contributed by atoms with Crippen LogP contribution in [0.4, 0.5) is 18.0 Å². The molecule has 0 radical (unpaired) electrons. The zero-order chi connectivity index (χ0) is 38.0. The molecule has 2 fully saturated rings. The molecule has 0 spiro atoms. The number of ether oxygens (including phenoxy) is 3. The maximum Gasteiger partial charge on any atom is 0.409 e. The molecule has 2 saturated heterocycles. The van der Waals surface area contributed by atoms with Gasteiger partial charge in [0.1, 0.15) is 30.1 Å². The lowest BCUT2D eigenvalue weighted by Crippen LogP contribution is -2.56. The number of alkyl halides is 3. The van der Waals surface area contributed by atoms with Crippen LogP contribution in [0.5, 0.6) is 5.75 Å². The Balaban J connectivity index is 1.51. The molecule has 2 atom stereocenters. The molecule has 0 saturated carbocycles. The van der Waals surface area contributed by atoms with E-state index in [2.05, 4.69) is 10.3 Å². The molecular weight excluding hydrogens is 693 g/mol. The number of fused-ring (bicyclic) bond motifs is 1. The van der Waals surface area contributed by atoms with Crippen molar-refractivity contribution < 1.29 is 56.1 Å². The van der Waals surface area contributed by atoms with Gasteiger partial charge in [-0.1, -0.05) is 6.07 Å². The van der Waals surface area contributed by atoms with Crippen molar-refractivity contribution in [1.29, 1.82) is 0 Å². The van der Waals surface area contributed by atoms with Crippen LogP contribution in [-0.4, -0.2) is 133 Å². The number of hydrogen-bond acceptors (Lipinski definition) is 10. The summed E-state index contributed by atoms with van der Waals surface area (Å²) in [4.78, 5) is 86.0. The Bertz CT molecular complexity index is 1650. The maximum absolute atomic E-state index is 13.7. The number of piperazine rings is 1. The average molecular weight is 737 g/mol. The third kappa shape index (κ3) is 10.7. The molecule has 2 aliphatic rings. The summed E-state index contributed by atoms with van der Waals surface area (Å²) in [5, 5.41) is 4.95. The fourth-order valence-electron chi connectivity index (χ4n) is 5.94. The van der Waals surface area contributed by atoms with Crippen LogP contribution < -0.4 is 15.4 Å². The van der Waals surface area contributed by atoms with E-state index in [9.17, 15) is 41.9 Å². The molecule has 284 valence electrons. The fourth-order valence-corrected chi connectivity index (χ4v) is 5.94. The summed E-state index contributed by atoms with van der Waals surface area (Å²) in [6, 6.07) is 4.18. The first kappa shape index (κ1) is 39.6. The molecular formula is C34H43F3N6O9. The van der Waals surface area contributed by atoms with Gasteiger partial charge in [-0.3, -0.25) is 24.0 Å². The van der Waals surface area contributed by atoms with Crippen molar-refractivity contribution in [2.24, 2.45) is 0 Å². The normalized spacial score (nSPS) is 16.7. The van der Waals surface area contributed by atoms with Crippen LogP contribution in [0.15, 0.2) is 24.3 Å². The number of pyridine rings is 1. The Labute approximate surface area is 298 Å². The molecule has 4 rings (SSSR count). The number of amides is 5. The molecule has 0 aliphatic carbocycles. The van der Waals surface area contributed by atoms with Gasteiger partial charge in [-0.2, -0.15) is 13.2 Å². The molecule has 15 nitrogen and oxygen atoms in total. The van der Waals surface area contributed by atoms with Crippen molar-refractivity contribution in [3.05, 3.63) is 35.5 Å².